The van der Waals surface area contributed by atoms with Gasteiger partial charge in [-0.05, 0) is 51.6 Å². The van der Waals surface area contributed by atoms with Gasteiger partial charge < -0.3 is 28.7 Å². The summed E-state index contributed by atoms with van der Waals surface area (Å²) in [7, 11) is 0. The van der Waals surface area contributed by atoms with Crippen LogP contribution in [0.15, 0.2) is 52.2 Å². The van der Waals surface area contributed by atoms with E-state index >= 15 is 0 Å². The smallest absolute Gasteiger partial charge is 0.330 e. The van der Waals surface area contributed by atoms with Crippen molar-refractivity contribution >= 4 is 24.4 Å². The lowest BCUT2D eigenvalue weighted by molar-refractivity contribution is -0.149. The molecule has 0 unspecified atom stereocenters. The molecule has 2 aromatic rings. The fourth-order valence-corrected chi connectivity index (χ4v) is 5.91. The highest BCUT2D eigenvalue weighted by Crippen LogP contribution is 2.47. The number of benzene rings is 1. The molecule has 0 radical (unpaired) electrons. The second-order valence-electron chi connectivity index (χ2n) is 8.75. The normalized spacial score (nSPS) is 26.4. The molecule has 4 N–H and O–H groups in total. The molecule has 0 spiro atoms. The molecule has 1 fully saturated rings. The molecule has 0 aliphatic carbocycles. The Morgan fingerprint density at radius 1 is 1.28 bits per heavy atom. The summed E-state index contributed by atoms with van der Waals surface area (Å²) < 4.78 is 23.7. The Morgan fingerprint density at radius 2 is 1.94 bits per heavy atom. The molecular formula is C22H30N3O9PS. The summed E-state index contributed by atoms with van der Waals surface area (Å²) in [5.41, 5.74) is -3.36. The van der Waals surface area contributed by atoms with Gasteiger partial charge in [-0.2, -0.15) is 0 Å². The van der Waals surface area contributed by atoms with Crippen LogP contribution in [0.4, 0.5) is 0 Å². The zero-order valence-corrected chi connectivity index (χ0v) is 21.9. The summed E-state index contributed by atoms with van der Waals surface area (Å²) in [5.74, 6) is -0.174. The van der Waals surface area contributed by atoms with E-state index in [2.05, 4.69) is 10.1 Å². The molecule has 1 aliphatic heterocycles. The van der Waals surface area contributed by atoms with Crippen LogP contribution in [0.2, 0.25) is 0 Å². The fourth-order valence-electron chi connectivity index (χ4n) is 3.50. The standard InChI is InChI=1S/C22H30N3O9PS/c1-13(2)32-19(28)14(3)24-35(36,34-15-8-6-5-7-9-15)31-12-16-18(27)22(4,30)20(33-16)25-11-10-17(26)23-21(25)29/h5-11,13-14,16,18,20,27,30H,12H2,1-4H3,(H,24,36)(H,23,26,29)/t14-,16-,18-,20-,22-,35+/m1/s1. The highest BCUT2D eigenvalue weighted by molar-refractivity contribution is 8.09. The van der Waals surface area contributed by atoms with E-state index < -0.39 is 53.9 Å². The topological polar surface area (TPSA) is 161 Å². The van der Waals surface area contributed by atoms with Crippen LogP contribution in [0.25, 0.3) is 0 Å². The third-order valence-electron chi connectivity index (χ3n) is 5.29. The summed E-state index contributed by atoms with van der Waals surface area (Å²) >= 11 is 5.63. The van der Waals surface area contributed by atoms with Gasteiger partial charge in [0, 0.05) is 12.3 Å². The molecule has 14 heteroatoms. The molecule has 36 heavy (non-hydrogen) atoms. The maximum Gasteiger partial charge on any atom is 0.330 e. The summed E-state index contributed by atoms with van der Waals surface area (Å²) in [6, 6.07) is 8.79. The number of para-hydroxylation sites is 1. The Hall–Kier alpha value is -2.38. The Balaban J connectivity index is 1.80. The van der Waals surface area contributed by atoms with Gasteiger partial charge in [-0.1, -0.05) is 18.2 Å². The molecule has 1 aromatic carbocycles. The van der Waals surface area contributed by atoms with Crippen LogP contribution in [0.3, 0.4) is 0 Å². The molecule has 2 heterocycles. The first-order valence-corrected chi connectivity index (χ1v) is 13.8. The first kappa shape index (κ1) is 28.2. The van der Waals surface area contributed by atoms with Gasteiger partial charge in [0.05, 0.1) is 12.7 Å². The molecular weight excluding hydrogens is 513 g/mol. The lowest BCUT2D eigenvalue weighted by Gasteiger charge is -2.28. The van der Waals surface area contributed by atoms with E-state index in [1.807, 2.05) is 0 Å². The number of aliphatic hydroxyl groups is 2. The first-order valence-electron chi connectivity index (χ1n) is 11.2. The largest absolute Gasteiger partial charge is 0.462 e. The van der Waals surface area contributed by atoms with Crippen molar-refractivity contribution in [1.82, 2.24) is 14.6 Å². The summed E-state index contributed by atoms with van der Waals surface area (Å²) in [4.78, 5) is 38.1. The van der Waals surface area contributed by atoms with Gasteiger partial charge in [0.25, 0.3) is 5.56 Å². The number of nitrogens with one attached hydrogen (secondary N) is 2. The number of aromatic amines is 1. The molecule has 0 saturated carbocycles. The Morgan fingerprint density at radius 3 is 2.56 bits per heavy atom. The zero-order chi connectivity index (χ0) is 26.7. The van der Waals surface area contributed by atoms with E-state index in [9.17, 15) is 24.6 Å². The number of H-pyrrole nitrogens is 1. The number of aromatic nitrogens is 2. The average Bonchev–Trinajstić information content (AvgIpc) is 3.01. The van der Waals surface area contributed by atoms with Crippen LogP contribution in [0, 0.1) is 0 Å². The minimum atomic E-state index is -3.43. The number of esters is 1. The van der Waals surface area contributed by atoms with E-state index in [0.717, 1.165) is 16.8 Å². The van der Waals surface area contributed by atoms with Crippen LogP contribution >= 0.6 is 6.64 Å². The molecule has 12 nitrogen and oxygen atoms in total. The van der Waals surface area contributed by atoms with Crippen molar-refractivity contribution in [2.24, 2.45) is 0 Å². The van der Waals surface area contributed by atoms with Crippen LogP contribution < -0.4 is 20.9 Å². The summed E-state index contributed by atoms with van der Waals surface area (Å²) in [6.45, 7) is 2.49. The van der Waals surface area contributed by atoms with Crippen molar-refractivity contribution in [1.29, 1.82) is 0 Å². The van der Waals surface area contributed by atoms with E-state index in [0.29, 0.717) is 5.75 Å². The lowest BCUT2D eigenvalue weighted by Crippen LogP contribution is -2.47. The predicted molar refractivity (Wildman–Crippen MR) is 133 cm³/mol. The van der Waals surface area contributed by atoms with E-state index in [1.54, 1.807) is 51.1 Å². The van der Waals surface area contributed by atoms with Gasteiger partial charge in [0.15, 0.2) is 6.23 Å². The minimum absolute atomic E-state index is 0.340. The van der Waals surface area contributed by atoms with Crippen molar-refractivity contribution in [3.05, 3.63) is 63.4 Å². The molecule has 6 atom stereocenters. The molecule has 1 aliphatic rings. The van der Waals surface area contributed by atoms with Crippen LogP contribution in [0.1, 0.15) is 33.9 Å². The molecule has 198 valence electrons. The van der Waals surface area contributed by atoms with Gasteiger partial charge in [-0.15, -0.1) is 0 Å². The Bertz CT molecular complexity index is 1220. The van der Waals surface area contributed by atoms with Gasteiger partial charge in [0.1, 0.15) is 29.6 Å². The lowest BCUT2D eigenvalue weighted by atomic mass is 9.96. The van der Waals surface area contributed by atoms with E-state index in [-0.39, 0.29) is 12.7 Å². The van der Waals surface area contributed by atoms with Crippen molar-refractivity contribution in [2.45, 2.75) is 63.9 Å². The number of rotatable bonds is 10. The predicted octanol–water partition coefficient (Wildman–Crippen LogP) is 0.796. The molecule has 3 rings (SSSR count). The van der Waals surface area contributed by atoms with Gasteiger partial charge >= 0.3 is 18.3 Å². The van der Waals surface area contributed by atoms with Crippen molar-refractivity contribution in [3.8, 4) is 5.75 Å². The molecule has 0 amide bonds. The first-order chi connectivity index (χ1) is 16.8. The number of carbonyl (C=O) groups is 1. The van der Waals surface area contributed by atoms with Gasteiger partial charge in [-0.3, -0.25) is 19.1 Å². The third kappa shape index (κ3) is 6.68. The zero-order valence-electron chi connectivity index (χ0n) is 20.2. The number of ether oxygens (including phenoxy) is 2. The fraction of sp³-hybridized carbons (Fsp3) is 0.500. The second kappa shape index (κ2) is 11.3. The van der Waals surface area contributed by atoms with E-state index in [1.165, 1.54) is 6.92 Å². The molecule has 0 bridgehead atoms. The highest BCUT2D eigenvalue weighted by atomic mass is 32.5. The van der Waals surface area contributed by atoms with Crippen molar-refractivity contribution in [2.75, 3.05) is 6.61 Å². The number of carbonyl (C=O) groups excluding carboxylic acids is 1. The van der Waals surface area contributed by atoms with Crippen LogP contribution in [-0.4, -0.2) is 62.3 Å². The van der Waals surface area contributed by atoms with Gasteiger partial charge in [-0.25, -0.2) is 9.88 Å². The van der Waals surface area contributed by atoms with Crippen LogP contribution in [-0.2, 0) is 30.6 Å². The Kier molecular flexibility index (Phi) is 8.88. The SMILES string of the molecule is CC(C)OC(=O)[C@@H](C)N[P@](=S)(OC[C@H]1O[C@@H](n2ccc(=O)[nH]c2=O)[C@](C)(O)[C@@H]1O)Oc1ccccc1. The average molecular weight is 544 g/mol. The van der Waals surface area contributed by atoms with E-state index in [4.69, 9.17) is 30.3 Å². The maximum absolute atomic E-state index is 12.4. The number of hydrogen-bond donors (Lipinski definition) is 4. The highest BCUT2D eigenvalue weighted by Gasteiger charge is 2.53. The van der Waals surface area contributed by atoms with Crippen molar-refractivity contribution < 1.29 is 33.5 Å². The number of aliphatic hydroxyl groups excluding tert-OH is 1. The third-order valence-corrected chi connectivity index (χ3v) is 7.79. The van der Waals surface area contributed by atoms with Gasteiger partial charge in [0.2, 0.25) is 0 Å². The number of hydrogen-bond acceptors (Lipinski definition) is 10. The van der Waals surface area contributed by atoms with Crippen molar-refractivity contribution in [3.63, 3.8) is 0 Å². The second-order valence-corrected chi connectivity index (χ2v) is 11.9. The summed E-state index contributed by atoms with van der Waals surface area (Å²) in [6.07, 6.45) is -3.14. The monoisotopic (exact) mass is 543 g/mol. The van der Waals surface area contributed by atoms with Crippen LogP contribution in [0.5, 0.6) is 5.75 Å². The number of nitrogens with zero attached hydrogens (tertiary/aromatic N) is 1. The quantitative estimate of drug-likeness (QED) is 0.248. The minimum Gasteiger partial charge on any atom is -0.462 e. The molecule has 1 saturated heterocycles. The summed E-state index contributed by atoms with van der Waals surface area (Å²) in [5, 5.41) is 24.5. The maximum atomic E-state index is 12.4. The Labute approximate surface area is 212 Å². The molecule has 1 aromatic heterocycles.